The van der Waals surface area contributed by atoms with Gasteiger partial charge in [0.1, 0.15) is 0 Å². The van der Waals surface area contributed by atoms with E-state index < -0.39 is 0 Å². The molecule has 0 aromatic heterocycles. The zero-order valence-corrected chi connectivity index (χ0v) is 19.6. The van der Waals surface area contributed by atoms with Crippen molar-refractivity contribution in [2.45, 2.75) is 70.7 Å². The summed E-state index contributed by atoms with van der Waals surface area (Å²) in [4.78, 5) is 19.9. The van der Waals surface area contributed by atoms with Gasteiger partial charge in [-0.15, -0.1) is 0 Å². The SMILES string of the molecule is Cc1ccc(CNC(=O)N2CCC3(CC2)C[C@H](N2CCN(C(C)C)CC2)CCO3)cc1. The van der Waals surface area contributed by atoms with Gasteiger partial charge in [0.25, 0.3) is 0 Å². The molecule has 31 heavy (non-hydrogen) atoms. The van der Waals surface area contributed by atoms with Crippen LogP contribution in [0.3, 0.4) is 0 Å². The first kappa shape index (κ1) is 22.6. The third-order valence-corrected chi connectivity index (χ3v) is 7.59. The molecule has 3 saturated heterocycles. The highest BCUT2D eigenvalue weighted by atomic mass is 16.5. The van der Waals surface area contributed by atoms with Gasteiger partial charge in [0, 0.05) is 64.5 Å². The molecule has 0 radical (unpaired) electrons. The van der Waals surface area contributed by atoms with E-state index in [4.69, 9.17) is 4.74 Å². The molecule has 1 N–H and O–H groups in total. The highest BCUT2D eigenvalue weighted by Crippen LogP contribution is 2.37. The van der Waals surface area contributed by atoms with Crippen LogP contribution in [0.4, 0.5) is 4.79 Å². The van der Waals surface area contributed by atoms with Crippen LogP contribution in [0.1, 0.15) is 50.7 Å². The zero-order chi connectivity index (χ0) is 21.8. The molecule has 3 aliphatic heterocycles. The number of likely N-dealkylation sites (tertiary alicyclic amines) is 1. The molecule has 6 heteroatoms. The van der Waals surface area contributed by atoms with Crippen molar-refractivity contribution in [2.24, 2.45) is 0 Å². The highest BCUT2D eigenvalue weighted by Gasteiger charge is 2.43. The summed E-state index contributed by atoms with van der Waals surface area (Å²) in [6, 6.07) is 9.66. The van der Waals surface area contributed by atoms with E-state index in [9.17, 15) is 4.79 Å². The topological polar surface area (TPSA) is 48.1 Å². The van der Waals surface area contributed by atoms with Gasteiger partial charge in [-0.1, -0.05) is 29.8 Å². The maximum absolute atomic E-state index is 12.7. The second kappa shape index (κ2) is 9.88. The third-order valence-electron chi connectivity index (χ3n) is 7.59. The van der Waals surface area contributed by atoms with E-state index in [1.165, 1.54) is 31.7 Å². The Morgan fingerprint density at radius 1 is 1.10 bits per heavy atom. The van der Waals surface area contributed by atoms with Crippen LogP contribution in [-0.4, -0.2) is 84.3 Å². The van der Waals surface area contributed by atoms with E-state index in [2.05, 4.69) is 60.2 Å². The molecule has 0 aliphatic carbocycles. The van der Waals surface area contributed by atoms with Crippen LogP contribution in [0.25, 0.3) is 0 Å². The van der Waals surface area contributed by atoms with E-state index >= 15 is 0 Å². The highest BCUT2D eigenvalue weighted by molar-refractivity contribution is 5.74. The molecule has 0 unspecified atom stereocenters. The summed E-state index contributed by atoms with van der Waals surface area (Å²) >= 11 is 0. The quantitative estimate of drug-likeness (QED) is 0.800. The number of nitrogens with zero attached hydrogens (tertiary/aromatic N) is 3. The van der Waals surface area contributed by atoms with Crippen LogP contribution in [0.5, 0.6) is 0 Å². The molecule has 1 aromatic carbocycles. The van der Waals surface area contributed by atoms with Crippen LogP contribution in [0.15, 0.2) is 24.3 Å². The molecule has 6 nitrogen and oxygen atoms in total. The van der Waals surface area contributed by atoms with Crippen molar-refractivity contribution in [3.05, 3.63) is 35.4 Å². The summed E-state index contributed by atoms with van der Waals surface area (Å²) in [5, 5.41) is 3.09. The van der Waals surface area contributed by atoms with Gasteiger partial charge in [-0.25, -0.2) is 4.79 Å². The molecular formula is C25H40N4O2. The predicted octanol–water partition coefficient (Wildman–Crippen LogP) is 3.24. The number of carbonyl (C=O) groups is 1. The molecule has 3 fully saturated rings. The van der Waals surface area contributed by atoms with Crippen molar-refractivity contribution in [3.8, 4) is 0 Å². The number of amides is 2. The molecule has 0 bridgehead atoms. The largest absolute Gasteiger partial charge is 0.375 e. The minimum atomic E-state index is -0.0359. The van der Waals surface area contributed by atoms with E-state index in [0.29, 0.717) is 18.6 Å². The standard InChI is InChI=1S/C25H40N4O2/c1-20(2)27-13-15-28(16-14-27)23-8-17-31-25(18-23)9-11-29(12-10-25)24(30)26-19-22-6-4-21(3)5-7-22/h4-7,20,23H,8-19H2,1-3H3,(H,26,30)/t23-/m1/s1. The minimum absolute atomic E-state index is 0.0359. The maximum Gasteiger partial charge on any atom is 0.317 e. The fourth-order valence-corrected chi connectivity index (χ4v) is 5.39. The Kier molecular flexibility index (Phi) is 7.19. The monoisotopic (exact) mass is 428 g/mol. The number of aryl methyl sites for hydroxylation is 1. The third kappa shape index (κ3) is 5.60. The van der Waals surface area contributed by atoms with Crippen molar-refractivity contribution in [1.29, 1.82) is 0 Å². The van der Waals surface area contributed by atoms with Crippen molar-refractivity contribution in [1.82, 2.24) is 20.0 Å². The van der Waals surface area contributed by atoms with Gasteiger partial charge >= 0.3 is 6.03 Å². The number of piperazine rings is 1. The molecule has 3 aliphatic rings. The number of benzene rings is 1. The lowest BCUT2D eigenvalue weighted by molar-refractivity contribution is -0.132. The predicted molar refractivity (Wildman–Crippen MR) is 124 cm³/mol. The number of hydrogen-bond donors (Lipinski definition) is 1. The second-order valence-corrected chi connectivity index (χ2v) is 9.98. The Labute approximate surface area is 187 Å². The number of nitrogens with one attached hydrogen (secondary N) is 1. The van der Waals surface area contributed by atoms with Crippen LogP contribution >= 0.6 is 0 Å². The molecule has 2 amide bonds. The number of hydrogen-bond acceptors (Lipinski definition) is 4. The van der Waals surface area contributed by atoms with Crippen molar-refractivity contribution in [3.63, 3.8) is 0 Å². The summed E-state index contributed by atoms with van der Waals surface area (Å²) in [7, 11) is 0. The summed E-state index contributed by atoms with van der Waals surface area (Å²) in [6.07, 6.45) is 4.17. The molecular weight excluding hydrogens is 388 g/mol. The lowest BCUT2D eigenvalue weighted by Gasteiger charge is -2.50. The van der Waals surface area contributed by atoms with Gasteiger partial charge in [0.2, 0.25) is 0 Å². The molecule has 3 heterocycles. The number of carbonyl (C=O) groups excluding carboxylic acids is 1. The molecule has 4 rings (SSSR count). The second-order valence-electron chi connectivity index (χ2n) is 9.98. The maximum atomic E-state index is 12.7. The Morgan fingerprint density at radius 3 is 2.42 bits per heavy atom. The molecule has 1 spiro atoms. The minimum Gasteiger partial charge on any atom is -0.375 e. The smallest absolute Gasteiger partial charge is 0.317 e. The zero-order valence-electron chi connectivity index (χ0n) is 19.6. The van der Waals surface area contributed by atoms with Crippen LogP contribution in [0, 0.1) is 6.92 Å². The Hall–Kier alpha value is -1.63. The first-order chi connectivity index (χ1) is 14.9. The number of ether oxygens (including phenoxy) is 1. The van der Waals surface area contributed by atoms with Gasteiger partial charge in [-0.05, 0) is 52.0 Å². The van der Waals surface area contributed by atoms with Gasteiger partial charge in [0.15, 0.2) is 0 Å². The van der Waals surface area contributed by atoms with E-state index in [-0.39, 0.29) is 11.6 Å². The number of rotatable bonds is 4. The van der Waals surface area contributed by atoms with E-state index in [1.54, 1.807) is 0 Å². The fraction of sp³-hybridized carbons (Fsp3) is 0.720. The lowest BCUT2D eigenvalue weighted by atomic mass is 9.81. The lowest BCUT2D eigenvalue weighted by Crippen LogP contribution is -2.58. The average Bonchev–Trinajstić information content (AvgIpc) is 2.79. The van der Waals surface area contributed by atoms with Gasteiger partial charge in [-0.3, -0.25) is 9.80 Å². The van der Waals surface area contributed by atoms with Crippen LogP contribution in [-0.2, 0) is 11.3 Å². The average molecular weight is 429 g/mol. The van der Waals surface area contributed by atoms with Crippen LogP contribution in [0.2, 0.25) is 0 Å². The summed E-state index contributed by atoms with van der Waals surface area (Å²) in [5.74, 6) is 0. The first-order valence-corrected chi connectivity index (χ1v) is 12.1. The summed E-state index contributed by atoms with van der Waals surface area (Å²) < 4.78 is 6.36. The molecule has 0 saturated carbocycles. The van der Waals surface area contributed by atoms with Crippen molar-refractivity contribution >= 4 is 6.03 Å². The Morgan fingerprint density at radius 2 is 1.77 bits per heavy atom. The molecule has 172 valence electrons. The van der Waals surface area contributed by atoms with Gasteiger partial charge < -0.3 is 15.0 Å². The van der Waals surface area contributed by atoms with Crippen molar-refractivity contribution in [2.75, 3.05) is 45.9 Å². The first-order valence-electron chi connectivity index (χ1n) is 12.1. The van der Waals surface area contributed by atoms with Gasteiger partial charge in [0.05, 0.1) is 5.60 Å². The number of urea groups is 1. The fourth-order valence-electron chi connectivity index (χ4n) is 5.39. The van der Waals surface area contributed by atoms with E-state index in [1.807, 2.05) is 4.90 Å². The Bertz CT molecular complexity index is 720. The van der Waals surface area contributed by atoms with Crippen LogP contribution < -0.4 is 5.32 Å². The Balaban J connectivity index is 1.24. The van der Waals surface area contributed by atoms with Gasteiger partial charge in [-0.2, -0.15) is 0 Å². The van der Waals surface area contributed by atoms with E-state index in [0.717, 1.165) is 50.9 Å². The summed E-state index contributed by atoms with van der Waals surface area (Å²) in [5.41, 5.74) is 2.35. The molecule has 1 aromatic rings. The normalized spacial score (nSPS) is 25.2. The molecule has 1 atom stereocenters. The van der Waals surface area contributed by atoms with Crippen molar-refractivity contribution < 1.29 is 9.53 Å². The number of piperidine rings is 1. The summed E-state index contributed by atoms with van der Waals surface area (Å²) in [6.45, 7) is 14.4.